The van der Waals surface area contributed by atoms with Crippen molar-refractivity contribution in [1.29, 1.82) is 0 Å². The Kier molecular flexibility index (Phi) is 5.53. The Morgan fingerprint density at radius 2 is 1.65 bits per heavy atom. The number of rotatable bonds is 4. The third-order valence-corrected chi connectivity index (χ3v) is 8.22. The van der Waals surface area contributed by atoms with Crippen LogP contribution in [-0.2, 0) is 10.0 Å². The molecule has 9 nitrogen and oxygen atoms in total. The molecule has 0 amide bonds. The van der Waals surface area contributed by atoms with E-state index in [-0.39, 0.29) is 5.82 Å². The van der Waals surface area contributed by atoms with E-state index in [0.29, 0.717) is 53.7 Å². The molecule has 1 saturated heterocycles. The van der Waals surface area contributed by atoms with Crippen LogP contribution in [-0.4, -0.2) is 63.9 Å². The molecule has 2 aromatic carbocycles. The van der Waals surface area contributed by atoms with Crippen molar-refractivity contribution >= 4 is 27.0 Å². The van der Waals surface area contributed by atoms with Crippen LogP contribution in [0.5, 0.6) is 0 Å². The van der Waals surface area contributed by atoms with Crippen LogP contribution in [0.2, 0.25) is 0 Å². The summed E-state index contributed by atoms with van der Waals surface area (Å²) in [5, 5.41) is 8.39. The van der Waals surface area contributed by atoms with Crippen molar-refractivity contribution in [3.63, 3.8) is 0 Å². The van der Waals surface area contributed by atoms with Crippen molar-refractivity contribution < 1.29 is 12.8 Å². The number of benzene rings is 2. The molecule has 2 aromatic heterocycles. The van der Waals surface area contributed by atoms with Gasteiger partial charge in [-0.1, -0.05) is 29.0 Å². The highest BCUT2D eigenvalue weighted by atomic mass is 32.2. The normalized spacial score (nSPS) is 15.2. The van der Waals surface area contributed by atoms with Crippen LogP contribution in [0.25, 0.3) is 16.9 Å². The molecule has 0 bridgehead atoms. The van der Waals surface area contributed by atoms with Gasteiger partial charge in [-0.05, 0) is 50.1 Å². The predicted molar refractivity (Wildman–Crippen MR) is 126 cm³/mol. The van der Waals surface area contributed by atoms with Gasteiger partial charge in [0.2, 0.25) is 10.0 Å². The maximum absolute atomic E-state index is 13.7. The van der Waals surface area contributed by atoms with E-state index >= 15 is 0 Å². The van der Waals surface area contributed by atoms with E-state index < -0.39 is 10.0 Å². The maximum Gasteiger partial charge on any atom is 0.243 e. The summed E-state index contributed by atoms with van der Waals surface area (Å²) in [5.41, 5.74) is 3.99. The number of aryl methyl sites for hydroxylation is 3. The molecule has 34 heavy (non-hydrogen) atoms. The van der Waals surface area contributed by atoms with E-state index in [2.05, 4.69) is 20.3 Å². The second kappa shape index (κ2) is 8.41. The fourth-order valence-corrected chi connectivity index (χ4v) is 6.43. The number of hydrogen-bond acceptors (Lipinski definition) is 7. The maximum atomic E-state index is 13.7. The Hall–Kier alpha value is -3.44. The van der Waals surface area contributed by atoms with E-state index in [4.69, 9.17) is 0 Å². The van der Waals surface area contributed by atoms with Gasteiger partial charge in [0, 0.05) is 26.2 Å². The molecule has 0 saturated carbocycles. The highest BCUT2D eigenvalue weighted by molar-refractivity contribution is 7.89. The Balaban J connectivity index is 1.41. The minimum Gasteiger partial charge on any atom is -0.352 e. The first-order valence-corrected chi connectivity index (χ1v) is 12.3. The van der Waals surface area contributed by atoms with Gasteiger partial charge in [-0.2, -0.15) is 8.99 Å². The minimum absolute atomic E-state index is 0.318. The van der Waals surface area contributed by atoms with Crippen molar-refractivity contribution in [3.8, 4) is 5.69 Å². The molecule has 3 heterocycles. The first-order valence-electron chi connectivity index (χ1n) is 10.9. The van der Waals surface area contributed by atoms with E-state index in [1.54, 1.807) is 12.1 Å². The molecule has 5 rings (SSSR count). The van der Waals surface area contributed by atoms with Crippen molar-refractivity contribution in [3.05, 3.63) is 65.2 Å². The average molecular weight is 482 g/mol. The molecular formula is C23H24FN7O2S. The number of aromatic nitrogens is 5. The Labute approximate surface area is 196 Å². The summed E-state index contributed by atoms with van der Waals surface area (Å²) in [5.74, 6) is 0.194. The summed E-state index contributed by atoms with van der Waals surface area (Å²) in [6, 6.07) is 9.82. The Morgan fingerprint density at radius 3 is 2.32 bits per heavy atom. The van der Waals surface area contributed by atoms with E-state index in [9.17, 15) is 12.8 Å². The molecular weight excluding hydrogens is 457 g/mol. The summed E-state index contributed by atoms with van der Waals surface area (Å²) in [6.45, 7) is 7.16. The zero-order valence-electron chi connectivity index (χ0n) is 19.1. The lowest BCUT2D eigenvalue weighted by atomic mass is 10.1. The summed E-state index contributed by atoms with van der Waals surface area (Å²) in [6.07, 6.45) is 1.42. The third-order valence-electron chi connectivity index (χ3n) is 6.01. The van der Waals surface area contributed by atoms with Gasteiger partial charge < -0.3 is 4.90 Å². The van der Waals surface area contributed by atoms with E-state index in [0.717, 1.165) is 16.7 Å². The minimum atomic E-state index is -3.62. The smallest absolute Gasteiger partial charge is 0.243 e. The lowest BCUT2D eigenvalue weighted by Crippen LogP contribution is -2.49. The predicted octanol–water partition coefficient (Wildman–Crippen LogP) is 2.79. The fraction of sp³-hybridized carbons (Fsp3) is 0.304. The number of fused-ring (bicyclic) bond motifs is 1. The van der Waals surface area contributed by atoms with E-state index in [1.165, 1.54) is 27.4 Å². The van der Waals surface area contributed by atoms with Crippen molar-refractivity contribution in [2.45, 2.75) is 25.7 Å². The van der Waals surface area contributed by atoms with Crippen molar-refractivity contribution in [2.75, 3.05) is 31.1 Å². The van der Waals surface area contributed by atoms with Crippen LogP contribution in [0.4, 0.5) is 10.2 Å². The second-order valence-corrected chi connectivity index (χ2v) is 10.3. The molecule has 0 atom stereocenters. The van der Waals surface area contributed by atoms with Gasteiger partial charge in [-0.25, -0.2) is 22.8 Å². The number of anilines is 1. The van der Waals surface area contributed by atoms with Gasteiger partial charge in [-0.15, -0.1) is 5.10 Å². The largest absolute Gasteiger partial charge is 0.352 e. The molecule has 4 aromatic rings. The lowest BCUT2D eigenvalue weighted by Gasteiger charge is -2.35. The molecule has 0 unspecified atom stereocenters. The molecule has 1 aliphatic heterocycles. The highest BCUT2D eigenvalue weighted by Crippen LogP contribution is 2.28. The molecule has 176 valence electrons. The Morgan fingerprint density at radius 1 is 0.941 bits per heavy atom. The fourth-order valence-electron chi connectivity index (χ4n) is 4.59. The van der Waals surface area contributed by atoms with Crippen LogP contribution in [0.1, 0.15) is 16.7 Å². The van der Waals surface area contributed by atoms with Crippen LogP contribution >= 0.6 is 0 Å². The SMILES string of the molecule is Cc1cc(C)c(S(=O)(=O)N2CCN(c3ncnc4c3nnn4-c3cccc(F)c3)CC2)c(C)c1. The van der Waals surface area contributed by atoms with Gasteiger partial charge >= 0.3 is 0 Å². The van der Waals surface area contributed by atoms with Gasteiger partial charge in [0.1, 0.15) is 12.1 Å². The summed E-state index contributed by atoms with van der Waals surface area (Å²) in [4.78, 5) is 11.1. The lowest BCUT2D eigenvalue weighted by molar-refractivity contribution is 0.383. The number of halogens is 1. The molecule has 0 aliphatic carbocycles. The highest BCUT2D eigenvalue weighted by Gasteiger charge is 2.32. The zero-order chi connectivity index (χ0) is 24.0. The standard InChI is InChI=1S/C23H24FN7O2S/c1-15-11-16(2)21(17(3)12-15)34(32,33)30-9-7-29(8-10-30)22-20-23(26-14-25-22)31(28-27-20)19-6-4-5-18(24)13-19/h4-6,11-14H,7-10H2,1-3H3. The molecule has 0 N–H and O–H groups in total. The zero-order valence-corrected chi connectivity index (χ0v) is 19.9. The summed E-state index contributed by atoms with van der Waals surface area (Å²) in [7, 11) is -3.62. The van der Waals surface area contributed by atoms with E-state index in [1.807, 2.05) is 37.8 Å². The van der Waals surface area contributed by atoms with Gasteiger partial charge in [-0.3, -0.25) is 0 Å². The average Bonchev–Trinajstić information content (AvgIpc) is 3.23. The molecule has 0 radical (unpaired) electrons. The number of sulfonamides is 1. The van der Waals surface area contributed by atoms with Crippen molar-refractivity contribution in [2.24, 2.45) is 0 Å². The van der Waals surface area contributed by atoms with Gasteiger partial charge in [0.05, 0.1) is 10.6 Å². The number of piperazine rings is 1. The molecule has 1 fully saturated rings. The molecule has 1 aliphatic rings. The van der Waals surface area contributed by atoms with Crippen LogP contribution in [0.15, 0.2) is 47.6 Å². The van der Waals surface area contributed by atoms with Crippen LogP contribution < -0.4 is 4.90 Å². The van der Waals surface area contributed by atoms with Crippen molar-refractivity contribution in [1.82, 2.24) is 29.3 Å². The molecule has 11 heteroatoms. The quantitative estimate of drug-likeness (QED) is 0.442. The van der Waals surface area contributed by atoms with Crippen LogP contribution in [0.3, 0.4) is 0 Å². The topological polar surface area (TPSA) is 97.1 Å². The summed E-state index contributed by atoms with van der Waals surface area (Å²) >= 11 is 0. The number of hydrogen-bond donors (Lipinski definition) is 0. The first kappa shape index (κ1) is 22.4. The number of nitrogens with zero attached hydrogens (tertiary/aromatic N) is 7. The van der Waals surface area contributed by atoms with Gasteiger partial charge in [0.25, 0.3) is 0 Å². The van der Waals surface area contributed by atoms with Gasteiger partial charge in [0.15, 0.2) is 17.0 Å². The first-order chi connectivity index (χ1) is 16.3. The Bertz CT molecular complexity index is 1470. The second-order valence-electron chi connectivity index (χ2n) is 8.47. The third kappa shape index (κ3) is 3.80. The summed E-state index contributed by atoms with van der Waals surface area (Å²) < 4.78 is 43.5. The van der Waals surface area contributed by atoms with Crippen LogP contribution in [0, 0.1) is 26.6 Å². The molecule has 0 spiro atoms. The monoisotopic (exact) mass is 481 g/mol.